The normalized spacial score (nSPS) is 31.4. The number of carbonyl (C=O) groups excluding carboxylic acids is 2. The van der Waals surface area contributed by atoms with Crippen LogP contribution < -0.4 is 14.9 Å². The molecule has 0 spiro atoms. The first kappa shape index (κ1) is 15.9. The summed E-state index contributed by atoms with van der Waals surface area (Å²) in [6.45, 7) is 5.89. The van der Waals surface area contributed by atoms with Gasteiger partial charge in [-0.2, -0.15) is 5.10 Å². The molecule has 1 amide bonds. The third-order valence-electron chi connectivity index (χ3n) is 6.23. The molecule has 2 aliphatic heterocycles. The second-order valence-electron chi connectivity index (χ2n) is 7.49. The van der Waals surface area contributed by atoms with Gasteiger partial charge in [0.2, 0.25) is 6.79 Å². The minimum Gasteiger partial charge on any atom is -0.454 e. The van der Waals surface area contributed by atoms with Crippen LogP contribution in [0.15, 0.2) is 23.3 Å². The molecule has 2 fully saturated rings. The monoisotopic (exact) mass is 344 g/mol. The molecule has 7 nitrogen and oxygen atoms in total. The Morgan fingerprint density at radius 3 is 2.64 bits per heavy atom. The number of esters is 1. The molecular formula is C18H20N2O5. The molecule has 25 heavy (non-hydrogen) atoms. The summed E-state index contributed by atoms with van der Waals surface area (Å²) < 4.78 is 16.1. The van der Waals surface area contributed by atoms with Crippen molar-refractivity contribution in [2.45, 2.75) is 39.2 Å². The van der Waals surface area contributed by atoms with E-state index >= 15 is 0 Å². The molecule has 2 bridgehead atoms. The number of nitrogens with one attached hydrogen (secondary N) is 1. The van der Waals surface area contributed by atoms with Gasteiger partial charge in [-0.25, -0.2) is 5.43 Å². The lowest BCUT2D eigenvalue weighted by Gasteiger charge is -2.34. The first-order valence-corrected chi connectivity index (χ1v) is 8.27. The average molecular weight is 344 g/mol. The zero-order valence-corrected chi connectivity index (χ0v) is 14.4. The largest absolute Gasteiger partial charge is 0.454 e. The fourth-order valence-electron chi connectivity index (χ4n) is 4.00. The molecular weight excluding hydrogens is 324 g/mol. The van der Waals surface area contributed by atoms with Crippen molar-refractivity contribution in [2.24, 2.45) is 15.9 Å². The Morgan fingerprint density at radius 2 is 1.96 bits per heavy atom. The van der Waals surface area contributed by atoms with Gasteiger partial charge in [-0.3, -0.25) is 9.59 Å². The van der Waals surface area contributed by atoms with Gasteiger partial charge in [0.05, 0.1) is 11.6 Å². The van der Waals surface area contributed by atoms with Gasteiger partial charge in [0.1, 0.15) is 0 Å². The molecule has 0 aromatic heterocycles. The van der Waals surface area contributed by atoms with E-state index in [1.54, 1.807) is 12.1 Å². The van der Waals surface area contributed by atoms with Crippen molar-refractivity contribution < 1.29 is 23.8 Å². The van der Waals surface area contributed by atoms with E-state index in [-0.39, 0.29) is 18.7 Å². The number of carbonyl (C=O) groups is 2. The average Bonchev–Trinajstić information content (AvgIpc) is 3.15. The lowest BCUT2D eigenvalue weighted by atomic mass is 9.66. The van der Waals surface area contributed by atoms with Crippen LogP contribution in [0.5, 0.6) is 11.5 Å². The van der Waals surface area contributed by atoms with Crippen LogP contribution in [0, 0.1) is 10.8 Å². The summed E-state index contributed by atoms with van der Waals surface area (Å²) >= 11 is 0. The number of amides is 1. The zero-order valence-electron chi connectivity index (χ0n) is 14.4. The summed E-state index contributed by atoms with van der Waals surface area (Å²) in [6.07, 6.45) is 2.67. The fraction of sp³-hybridized carbons (Fsp3) is 0.500. The van der Waals surface area contributed by atoms with Crippen molar-refractivity contribution in [3.05, 3.63) is 23.8 Å². The third-order valence-corrected chi connectivity index (χ3v) is 6.23. The van der Waals surface area contributed by atoms with Crippen molar-refractivity contribution in [2.75, 3.05) is 6.79 Å². The number of nitrogens with zero attached hydrogens (tertiary/aromatic N) is 1. The highest BCUT2D eigenvalue weighted by Crippen LogP contribution is 2.65. The topological polar surface area (TPSA) is 86.2 Å². The van der Waals surface area contributed by atoms with Crippen molar-refractivity contribution in [3.63, 3.8) is 0 Å². The van der Waals surface area contributed by atoms with Crippen molar-refractivity contribution >= 4 is 18.1 Å². The minimum absolute atomic E-state index is 0.203. The number of benzene rings is 1. The Bertz CT molecular complexity index is 803. The second-order valence-corrected chi connectivity index (χ2v) is 7.49. The van der Waals surface area contributed by atoms with Crippen molar-refractivity contribution in [1.82, 2.24) is 5.43 Å². The Hall–Kier alpha value is -2.57. The van der Waals surface area contributed by atoms with Gasteiger partial charge in [-0.1, -0.05) is 13.8 Å². The highest BCUT2D eigenvalue weighted by molar-refractivity contribution is 5.96. The lowest BCUT2D eigenvalue weighted by Crippen LogP contribution is -2.52. The molecule has 2 heterocycles. The van der Waals surface area contributed by atoms with Crippen LogP contribution >= 0.6 is 0 Å². The van der Waals surface area contributed by atoms with Gasteiger partial charge in [0, 0.05) is 5.41 Å². The van der Waals surface area contributed by atoms with Crippen molar-refractivity contribution in [3.8, 4) is 11.5 Å². The quantitative estimate of drug-likeness (QED) is 0.515. The first-order chi connectivity index (χ1) is 11.8. The van der Waals surface area contributed by atoms with Crippen LogP contribution in [-0.4, -0.2) is 30.5 Å². The van der Waals surface area contributed by atoms with E-state index in [1.165, 1.54) is 6.21 Å². The van der Waals surface area contributed by atoms with Gasteiger partial charge in [-0.05, 0) is 43.5 Å². The fourth-order valence-corrected chi connectivity index (χ4v) is 4.00. The van der Waals surface area contributed by atoms with E-state index < -0.39 is 16.4 Å². The summed E-state index contributed by atoms with van der Waals surface area (Å²) in [6, 6.07) is 5.38. The maximum absolute atomic E-state index is 12.8. The van der Waals surface area contributed by atoms with E-state index in [2.05, 4.69) is 10.5 Å². The van der Waals surface area contributed by atoms with E-state index in [0.29, 0.717) is 24.3 Å². The van der Waals surface area contributed by atoms with Gasteiger partial charge >= 0.3 is 5.97 Å². The molecule has 1 saturated carbocycles. The third kappa shape index (κ3) is 1.95. The predicted octanol–water partition coefficient (Wildman–Crippen LogP) is 1.99. The Morgan fingerprint density at radius 1 is 1.20 bits per heavy atom. The molecule has 1 aromatic rings. The smallest absolute Gasteiger partial charge is 0.313 e. The Balaban J connectivity index is 1.50. The molecule has 4 rings (SSSR count). The van der Waals surface area contributed by atoms with Crippen LogP contribution in [0.2, 0.25) is 0 Å². The zero-order chi connectivity index (χ0) is 17.9. The minimum atomic E-state index is -1.16. The lowest BCUT2D eigenvalue weighted by molar-refractivity contribution is -0.168. The predicted molar refractivity (Wildman–Crippen MR) is 88.2 cm³/mol. The number of rotatable bonds is 3. The van der Waals surface area contributed by atoms with E-state index in [4.69, 9.17) is 14.2 Å². The van der Waals surface area contributed by atoms with Gasteiger partial charge < -0.3 is 14.2 Å². The Labute approximate surface area is 145 Å². The van der Waals surface area contributed by atoms with E-state index in [9.17, 15) is 9.59 Å². The number of hydrazone groups is 1. The standard InChI is InChI=1S/C18H20N2O5/c1-16(2)17(3)6-7-18(16,25-15(17)22)14(21)20-19-9-11-4-5-12-13(8-11)24-10-23-12/h4-5,8-9H,6-7,10H2,1-3H3,(H,20,21)/b19-9+. The maximum atomic E-state index is 12.8. The van der Waals surface area contributed by atoms with E-state index in [0.717, 1.165) is 5.56 Å². The second kappa shape index (κ2) is 4.97. The van der Waals surface area contributed by atoms with Crippen LogP contribution in [0.1, 0.15) is 39.2 Å². The highest BCUT2D eigenvalue weighted by atomic mass is 16.7. The van der Waals surface area contributed by atoms with Crippen LogP contribution in [0.25, 0.3) is 0 Å². The van der Waals surface area contributed by atoms with Gasteiger partial charge in [-0.15, -0.1) is 0 Å². The molecule has 0 radical (unpaired) electrons. The molecule has 1 aliphatic carbocycles. The molecule has 2 unspecified atom stereocenters. The highest BCUT2D eigenvalue weighted by Gasteiger charge is 2.75. The summed E-state index contributed by atoms with van der Waals surface area (Å²) in [5.41, 5.74) is 0.916. The molecule has 3 aliphatic rings. The molecule has 1 aromatic carbocycles. The van der Waals surface area contributed by atoms with Crippen LogP contribution in [0.4, 0.5) is 0 Å². The summed E-state index contributed by atoms with van der Waals surface area (Å²) in [5, 5.41) is 4.02. The van der Waals surface area contributed by atoms with Gasteiger partial charge in [0.15, 0.2) is 17.1 Å². The molecule has 2 atom stereocenters. The van der Waals surface area contributed by atoms with E-state index in [1.807, 2.05) is 26.8 Å². The number of fused-ring (bicyclic) bond motifs is 3. The van der Waals surface area contributed by atoms with Gasteiger partial charge in [0.25, 0.3) is 5.91 Å². The van der Waals surface area contributed by atoms with Crippen molar-refractivity contribution in [1.29, 1.82) is 0 Å². The molecule has 132 valence electrons. The number of hydrogen-bond acceptors (Lipinski definition) is 6. The molecule has 1 saturated heterocycles. The summed E-state index contributed by atoms with van der Waals surface area (Å²) in [7, 11) is 0. The molecule has 7 heteroatoms. The van der Waals surface area contributed by atoms with Crippen LogP contribution in [-0.2, 0) is 14.3 Å². The Kier molecular flexibility index (Phi) is 3.17. The SMILES string of the molecule is CC12CCC(C(=O)N/N=C/c3ccc4c(c3)OCO4)(OC1=O)C2(C)C. The molecule has 1 N–H and O–H groups in total. The number of ether oxygens (including phenoxy) is 3. The maximum Gasteiger partial charge on any atom is 0.313 e. The summed E-state index contributed by atoms with van der Waals surface area (Å²) in [4.78, 5) is 25.0. The number of hydrogen-bond donors (Lipinski definition) is 1. The first-order valence-electron chi connectivity index (χ1n) is 8.27. The van der Waals surface area contributed by atoms with Crippen LogP contribution in [0.3, 0.4) is 0 Å². The summed E-state index contributed by atoms with van der Waals surface area (Å²) in [5.74, 6) is 0.638.